The van der Waals surface area contributed by atoms with Gasteiger partial charge in [-0.2, -0.15) is 0 Å². The molecule has 3 N–H and O–H groups in total. The molecule has 1 heterocycles. The number of methoxy groups -OCH3 is 1. The van der Waals surface area contributed by atoms with Gasteiger partial charge in [0.2, 0.25) is 0 Å². The number of nitrogens with two attached hydrogens (primary N) is 1. The van der Waals surface area contributed by atoms with Gasteiger partial charge in [0, 0.05) is 23.2 Å². The molecule has 1 saturated heterocycles. The van der Waals surface area contributed by atoms with Crippen molar-refractivity contribution in [2.24, 2.45) is 0 Å². The highest BCUT2D eigenvalue weighted by Gasteiger charge is 2.35. The van der Waals surface area contributed by atoms with Crippen molar-refractivity contribution in [3.63, 3.8) is 0 Å². The number of amides is 1. The summed E-state index contributed by atoms with van der Waals surface area (Å²) in [5.41, 5.74) is 5.82. The Balaban J connectivity index is 1.83. The minimum absolute atomic E-state index is 0.0878. The lowest BCUT2D eigenvalue weighted by molar-refractivity contribution is 0.0151. The highest BCUT2D eigenvalue weighted by molar-refractivity contribution is 6.33. The number of aliphatic hydroxyl groups is 1. The number of hydrogen-bond donors (Lipinski definition) is 2. The molecule has 1 unspecified atom stereocenters. The predicted octanol–water partition coefficient (Wildman–Crippen LogP) is 3.60. The van der Waals surface area contributed by atoms with Gasteiger partial charge in [0.25, 0.3) is 5.91 Å². The zero-order valence-corrected chi connectivity index (χ0v) is 16.8. The zero-order chi connectivity index (χ0) is 20.3. The molecule has 0 aromatic heterocycles. The highest BCUT2D eigenvalue weighted by Crippen LogP contribution is 2.31. The number of β-amino-alcohol motifs (C(OH)–C–C–N with tert-alkyl or cyclic N) is 1. The smallest absolute Gasteiger partial charge is 0.257 e. The average molecular weight is 419 g/mol. The van der Waals surface area contributed by atoms with E-state index in [2.05, 4.69) is 11.8 Å². The Hall–Kier alpha value is -2.39. The van der Waals surface area contributed by atoms with E-state index in [1.54, 1.807) is 23.1 Å². The highest BCUT2D eigenvalue weighted by atomic mass is 35.5. The molecule has 2 aromatic rings. The van der Waals surface area contributed by atoms with Crippen molar-refractivity contribution >= 4 is 34.8 Å². The Morgan fingerprint density at radius 3 is 2.82 bits per heavy atom. The first-order valence-corrected chi connectivity index (χ1v) is 9.50. The molecule has 7 heteroatoms. The summed E-state index contributed by atoms with van der Waals surface area (Å²) in [5.74, 6) is 5.90. The largest absolute Gasteiger partial charge is 0.496 e. The van der Waals surface area contributed by atoms with E-state index in [0.717, 1.165) is 0 Å². The van der Waals surface area contributed by atoms with E-state index in [1.807, 2.05) is 6.07 Å². The van der Waals surface area contributed by atoms with Crippen molar-refractivity contribution in [3.05, 3.63) is 57.6 Å². The van der Waals surface area contributed by atoms with Crippen LogP contribution in [0.1, 0.15) is 28.8 Å². The first kappa shape index (κ1) is 20.3. The molecule has 1 aliphatic rings. The third-order valence-corrected chi connectivity index (χ3v) is 5.13. The first-order valence-electron chi connectivity index (χ1n) is 8.75. The lowest BCUT2D eigenvalue weighted by atomic mass is 9.92. The topological polar surface area (TPSA) is 75.8 Å². The summed E-state index contributed by atoms with van der Waals surface area (Å²) in [6, 6.07) is 10.1. The molecule has 0 spiro atoms. The number of carbonyl (C=O) groups is 1. The molecule has 1 aliphatic heterocycles. The molecular formula is C21H20Cl2N2O3. The number of anilines is 1. The third kappa shape index (κ3) is 4.53. The number of nitrogens with zero attached hydrogens (tertiary/aromatic N) is 1. The van der Waals surface area contributed by atoms with Crippen LogP contribution in [0.4, 0.5) is 5.69 Å². The lowest BCUT2D eigenvalue weighted by Gasteiger charge is -2.36. The molecule has 1 amide bonds. The van der Waals surface area contributed by atoms with Gasteiger partial charge in [-0.15, -0.1) is 0 Å². The molecular weight excluding hydrogens is 399 g/mol. The van der Waals surface area contributed by atoms with Gasteiger partial charge in [0.05, 0.1) is 29.9 Å². The molecule has 0 aliphatic carbocycles. The molecule has 0 radical (unpaired) electrons. The fourth-order valence-electron chi connectivity index (χ4n) is 3.14. The van der Waals surface area contributed by atoms with Crippen LogP contribution in [-0.2, 0) is 0 Å². The Labute approximate surface area is 174 Å². The van der Waals surface area contributed by atoms with E-state index >= 15 is 0 Å². The third-order valence-electron chi connectivity index (χ3n) is 4.57. The zero-order valence-electron chi connectivity index (χ0n) is 15.3. The molecule has 0 saturated carbocycles. The van der Waals surface area contributed by atoms with Crippen LogP contribution in [0.3, 0.4) is 0 Å². The summed E-state index contributed by atoms with van der Waals surface area (Å²) in [6.07, 6.45) is 1.10. The van der Waals surface area contributed by atoms with Crippen molar-refractivity contribution in [3.8, 4) is 17.6 Å². The first-order chi connectivity index (χ1) is 13.3. The van der Waals surface area contributed by atoms with Crippen molar-refractivity contribution in [2.75, 3.05) is 25.9 Å². The standard InChI is InChI=1S/C21H20Cl2N2O3/c1-28-19-12-18(24)17(23)11-16(19)20(26)25-9-3-7-21(27,13-25)8-6-14-4-2-5-15(22)10-14/h2,4-5,10-12,27H,3,7,9,13,24H2,1H3. The van der Waals surface area contributed by atoms with Crippen molar-refractivity contribution in [2.45, 2.75) is 18.4 Å². The van der Waals surface area contributed by atoms with Crippen LogP contribution >= 0.6 is 23.2 Å². The van der Waals surface area contributed by atoms with Gasteiger partial charge in [-0.25, -0.2) is 0 Å². The van der Waals surface area contributed by atoms with E-state index in [1.165, 1.54) is 19.2 Å². The predicted molar refractivity (Wildman–Crippen MR) is 111 cm³/mol. The molecule has 28 heavy (non-hydrogen) atoms. The molecule has 5 nitrogen and oxygen atoms in total. The van der Waals surface area contributed by atoms with Crippen molar-refractivity contribution in [1.29, 1.82) is 0 Å². The molecule has 1 atom stereocenters. The van der Waals surface area contributed by atoms with Gasteiger partial charge in [0.1, 0.15) is 11.4 Å². The second-order valence-corrected chi connectivity index (χ2v) is 7.54. The van der Waals surface area contributed by atoms with Gasteiger partial charge in [-0.3, -0.25) is 4.79 Å². The van der Waals surface area contributed by atoms with E-state index in [0.29, 0.717) is 47.0 Å². The van der Waals surface area contributed by atoms with E-state index in [-0.39, 0.29) is 17.5 Å². The monoisotopic (exact) mass is 418 g/mol. The quantitative estimate of drug-likeness (QED) is 0.576. The summed E-state index contributed by atoms with van der Waals surface area (Å²) < 4.78 is 5.27. The van der Waals surface area contributed by atoms with E-state index in [9.17, 15) is 9.90 Å². The number of rotatable bonds is 2. The Morgan fingerprint density at radius 1 is 1.32 bits per heavy atom. The van der Waals surface area contributed by atoms with Crippen molar-refractivity contribution < 1.29 is 14.6 Å². The number of nitrogen functional groups attached to an aromatic ring is 1. The molecule has 146 valence electrons. The number of halogens is 2. The van der Waals surface area contributed by atoms with Gasteiger partial charge in [-0.05, 0) is 37.1 Å². The maximum Gasteiger partial charge on any atom is 0.257 e. The minimum atomic E-state index is -1.30. The Morgan fingerprint density at radius 2 is 2.11 bits per heavy atom. The summed E-state index contributed by atoms with van der Waals surface area (Å²) >= 11 is 12.0. The molecule has 3 rings (SSSR count). The SMILES string of the molecule is COc1cc(N)c(Cl)cc1C(=O)N1CCCC(O)(C#Cc2cccc(Cl)c2)C1. The number of benzene rings is 2. The average Bonchev–Trinajstić information content (AvgIpc) is 2.68. The summed E-state index contributed by atoms with van der Waals surface area (Å²) in [5, 5.41) is 11.8. The summed E-state index contributed by atoms with van der Waals surface area (Å²) in [7, 11) is 1.46. The van der Waals surface area contributed by atoms with Gasteiger partial charge < -0.3 is 20.5 Å². The molecule has 1 fully saturated rings. The Bertz CT molecular complexity index is 968. The van der Waals surface area contributed by atoms with Gasteiger partial charge in [-0.1, -0.05) is 41.1 Å². The number of likely N-dealkylation sites (tertiary alicyclic amines) is 1. The van der Waals surface area contributed by atoms with Gasteiger partial charge >= 0.3 is 0 Å². The molecule has 0 bridgehead atoms. The lowest BCUT2D eigenvalue weighted by Crippen LogP contribution is -2.49. The number of carbonyl (C=O) groups excluding carboxylic acids is 1. The van der Waals surface area contributed by atoms with Gasteiger partial charge in [0.15, 0.2) is 0 Å². The number of piperidine rings is 1. The second kappa shape index (κ2) is 8.32. The number of ether oxygens (including phenoxy) is 1. The fourth-order valence-corrected chi connectivity index (χ4v) is 3.50. The van der Waals surface area contributed by atoms with Crippen molar-refractivity contribution in [1.82, 2.24) is 4.90 Å². The maximum absolute atomic E-state index is 13.0. The van der Waals surface area contributed by atoms with Crippen LogP contribution in [0.5, 0.6) is 5.75 Å². The van der Waals surface area contributed by atoms with Crippen LogP contribution in [-0.4, -0.2) is 41.7 Å². The summed E-state index contributed by atoms with van der Waals surface area (Å²) in [4.78, 5) is 14.6. The van der Waals surface area contributed by atoms with Crippen LogP contribution < -0.4 is 10.5 Å². The molecule has 2 aromatic carbocycles. The van der Waals surface area contributed by atoms with Crippen LogP contribution in [0.2, 0.25) is 10.0 Å². The van der Waals surface area contributed by atoms with Crippen LogP contribution in [0.25, 0.3) is 0 Å². The van der Waals surface area contributed by atoms with Crippen LogP contribution in [0, 0.1) is 11.8 Å². The van der Waals surface area contributed by atoms with Crippen LogP contribution in [0.15, 0.2) is 36.4 Å². The summed E-state index contributed by atoms with van der Waals surface area (Å²) in [6.45, 7) is 0.593. The Kier molecular flexibility index (Phi) is 6.04. The normalized spacial score (nSPS) is 18.9. The minimum Gasteiger partial charge on any atom is -0.496 e. The second-order valence-electron chi connectivity index (χ2n) is 6.70. The van der Waals surface area contributed by atoms with E-state index < -0.39 is 5.60 Å². The number of hydrogen-bond acceptors (Lipinski definition) is 4. The fraction of sp³-hybridized carbons (Fsp3) is 0.286. The maximum atomic E-state index is 13.0. The van der Waals surface area contributed by atoms with E-state index in [4.69, 9.17) is 33.7 Å².